The Balaban J connectivity index is 0.942. The monoisotopic (exact) mass is 934 g/mol. The highest BCUT2D eigenvalue weighted by Gasteiger charge is 2.33. The van der Waals surface area contributed by atoms with Crippen molar-refractivity contribution in [2.75, 3.05) is 0 Å². The smallest absolute Gasteiger partial charge is 0.000740 e. The maximum atomic E-state index is 2.48. The predicted molar refractivity (Wildman–Crippen MR) is 322 cm³/mol. The topological polar surface area (TPSA) is 0 Å². The van der Waals surface area contributed by atoms with Crippen LogP contribution in [0.3, 0.4) is 0 Å². The molecule has 0 aromatic heterocycles. The minimum atomic E-state index is 1.28. The Kier molecular flexibility index (Phi) is 7.10. The Labute approximate surface area is 427 Å². The van der Waals surface area contributed by atoms with Gasteiger partial charge in [0.05, 0.1) is 0 Å². The van der Waals surface area contributed by atoms with Crippen LogP contribution in [0.1, 0.15) is 33.4 Å². The molecule has 1 aliphatic rings. The molecule has 0 saturated carbocycles. The largest absolute Gasteiger partial charge is 0.0616 e. The molecule has 0 fully saturated rings. The summed E-state index contributed by atoms with van der Waals surface area (Å²) >= 11 is 0. The maximum Gasteiger partial charge on any atom is -0.000740 e. The molecule has 0 N–H and O–H groups in total. The molecule has 0 unspecified atom stereocenters. The number of rotatable bonds is 2. The quantitative estimate of drug-likeness (QED) is 0.120. The van der Waals surface area contributed by atoms with E-state index in [1.165, 1.54) is 218 Å². The highest BCUT2D eigenvalue weighted by molar-refractivity contribution is 6.48. The minimum Gasteiger partial charge on any atom is -0.0616 e. The van der Waals surface area contributed by atoms with E-state index in [0.717, 1.165) is 0 Å². The average Bonchev–Trinajstić information content (AvgIpc) is 4.23. The molecule has 342 valence electrons. The average molecular weight is 935 g/mol. The van der Waals surface area contributed by atoms with Crippen LogP contribution in [-0.2, 0) is 0 Å². The molecule has 0 aliphatic heterocycles. The van der Waals surface area contributed by atoms with Crippen LogP contribution in [0.15, 0.2) is 170 Å². The molecule has 17 aromatic rings. The van der Waals surface area contributed by atoms with Crippen LogP contribution in [0.4, 0.5) is 0 Å². The van der Waals surface area contributed by atoms with Crippen LogP contribution < -0.4 is 0 Å². The second-order valence-electron chi connectivity index (χ2n) is 22.3. The summed E-state index contributed by atoms with van der Waals surface area (Å²) in [6, 6.07) is 66.7. The zero-order valence-corrected chi connectivity index (χ0v) is 42.2. The molecular formula is C74H46. The Morgan fingerprint density at radius 2 is 0.527 bits per heavy atom. The first-order chi connectivity index (χ1) is 36.2. The first kappa shape index (κ1) is 39.7. The third-order valence-electron chi connectivity index (χ3n) is 19.0. The van der Waals surface area contributed by atoms with Gasteiger partial charge in [0.2, 0.25) is 0 Å². The molecule has 17 aromatic carbocycles. The molecule has 18 rings (SSSR count). The SMILES string of the molecule is Cc1ccc(-c2c3c(c(-c4ccc(C)c(C)c4)c4ccccc24)-c2ccc4c5ccc6c7ccc8c9c(C)c%10c%11cccc%12cccc(c%10c(C)c9c9ccc(c%10ccc(c%13ccc-3c2c%134)c5c%106)c7c98)c%12%11)cc1C. The molecular weight excluding hydrogens is 889 g/mol. The molecule has 0 heteroatoms. The Bertz CT molecular complexity index is 5150. The first-order valence-corrected chi connectivity index (χ1v) is 26.5. The van der Waals surface area contributed by atoms with Crippen molar-refractivity contribution in [1.82, 2.24) is 0 Å². The summed E-state index contributed by atoms with van der Waals surface area (Å²) in [5, 5.41) is 35.6. The van der Waals surface area contributed by atoms with Gasteiger partial charge in [0.15, 0.2) is 0 Å². The number of hydrogen-bond acceptors (Lipinski definition) is 0. The van der Waals surface area contributed by atoms with Gasteiger partial charge < -0.3 is 0 Å². The number of benzene rings is 15. The molecule has 0 atom stereocenters. The van der Waals surface area contributed by atoms with Gasteiger partial charge >= 0.3 is 0 Å². The van der Waals surface area contributed by atoms with E-state index < -0.39 is 0 Å². The third-order valence-corrected chi connectivity index (χ3v) is 19.0. The summed E-state index contributed by atoms with van der Waals surface area (Å²) in [6.45, 7) is 13.7. The van der Waals surface area contributed by atoms with Crippen molar-refractivity contribution in [3.8, 4) is 44.5 Å². The van der Waals surface area contributed by atoms with E-state index in [4.69, 9.17) is 0 Å². The molecule has 1 aliphatic carbocycles. The summed E-state index contributed by atoms with van der Waals surface area (Å²) in [4.78, 5) is 0. The lowest BCUT2D eigenvalue weighted by atomic mass is 9.82. The first-order valence-electron chi connectivity index (χ1n) is 26.5. The summed E-state index contributed by atoms with van der Waals surface area (Å²) in [7, 11) is 0. The van der Waals surface area contributed by atoms with Gasteiger partial charge in [-0.3, -0.25) is 0 Å². The summed E-state index contributed by atoms with van der Waals surface area (Å²) in [6.07, 6.45) is 0. The van der Waals surface area contributed by atoms with Gasteiger partial charge in [0, 0.05) is 0 Å². The number of fused-ring (bicyclic) bond motifs is 14. The molecule has 0 heterocycles. The van der Waals surface area contributed by atoms with Gasteiger partial charge in [0.1, 0.15) is 0 Å². The van der Waals surface area contributed by atoms with E-state index in [-0.39, 0.29) is 0 Å². The van der Waals surface area contributed by atoms with Gasteiger partial charge in [-0.05, 0) is 259 Å². The van der Waals surface area contributed by atoms with Crippen LogP contribution in [0.2, 0.25) is 0 Å². The van der Waals surface area contributed by atoms with Crippen molar-refractivity contribution < 1.29 is 0 Å². The molecule has 0 saturated heterocycles. The predicted octanol–water partition coefficient (Wildman–Crippen LogP) is 21.3. The zero-order chi connectivity index (χ0) is 48.9. The number of aryl methyl sites for hydroxylation is 6. The summed E-state index contributed by atoms with van der Waals surface area (Å²) in [5.74, 6) is 0. The van der Waals surface area contributed by atoms with E-state index in [0.29, 0.717) is 0 Å². The van der Waals surface area contributed by atoms with Crippen LogP contribution in [0, 0.1) is 41.5 Å². The fourth-order valence-corrected chi connectivity index (χ4v) is 15.6. The van der Waals surface area contributed by atoms with Gasteiger partial charge in [-0.25, -0.2) is 0 Å². The standard InChI is InChI=1S/C74H46/c1-35-17-19-42(33-37(35)3)65-44-13-7-8-14-45(44)66(43-20-18-36(2)38(4)34-43)74-59-32-28-53-49-24-22-47-51-26-30-57-63-40(6)61-55-16-10-12-41-11-9-15-54(64(41)55)60(61)39(5)62(63)56-29-25-50(69(51)71(56)57)46-21-23-48(68(49)67(46)47)52-27-31-58(73(65)74)72(59)70(52)53/h7-34H,1-6H3. The second kappa shape index (κ2) is 13.2. The lowest BCUT2D eigenvalue weighted by Gasteiger charge is -2.21. The van der Waals surface area contributed by atoms with Crippen LogP contribution in [-0.4, -0.2) is 0 Å². The van der Waals surface area contributed by atoms with Crippen molar-refractivity contribution in [2.45, 2.75) is 41.5 Å². The van der Waals surface area contributed by atoms with E-state index in [1.54, 1.807) is 0 Å². The maximum absolute atomic E-state index is 2.48. The molecule has 74 heavy (non-hydrogen) atoms. The molecule has 0 radical (unpaired) electrons. The van der Waals surface area contributed by atoms with Crippen molar-refractivity contribution in [3.05, 3.63) is 203 Å². The zero-order valence-electron chi connectivity index (χ0n) is 42.2. The molecule has 0 bridgehead atoms. The van der Waals surface area contributed by atoms with E-state index in [2.05, 4.69) is 211 Å². The Hall–Kier alpha value is -8.84. The van der Waals surface area contributed by atoms with Crippen LogP contribution >= 0.6 is 0 Å². The van der Waals surface area contributed by atoms with E-state index >= 15 is 0 Å². The Morgan fingerprint density at radius 1 is 0.203 bits per heavy atom. The van der Waals surface area contributed by atoms with Crippen LogP contribution in [0.25, 0.3) is 185 Å². The highest BCUT2D eigenvalue weighted by Crippen LogP contribution is 2.61. The van der Waals surface area contributed by atoms with Crippen molar-refractivity contribution in [2.24, 2.45) is 0 Å². The number of hydrogen-bond donors (Lipinski definition) is 0. The fraction of sp³-hybridized carbons (Fsp3) is 0.0811. The van der Waals surface area contributed by atoms with Gasteiger partial charge in [-0.15, -0.1) is 0 Å². The van der Waals surface area contributed by atoms with Gasteiger partial charge in [-0.1, -0.05) is 170 Å². The molecule has 0 nitrogen and oxygen atoms in total. The van der Waals surface area contributed by atoms with Gasteiger partial charge in [-0.2, -0.15) is 0 Å². The second-order valence-corrected chi connectivity index (χ2v) is 22.3. The minimum absolute atomic E-state index is 1.28. The highest BCUT2D eigenvalue weighted by atomic mass is 14.4. The molecule has 0 amide bonds. The van der Waals surface area contributed by atoms with Crippen molar-refractivity contribution in [3.63, 3.8) is 0 Å². The molecule has 0 spiro atoms. The van der Waals surface area contributed by atoms with Crippen molar-refractivity contribution >= 4 is 140 Å². The fourth-order valence-electron chi connectivity index (χ4n) is 15.6. The summed E-state index contributed by atoms with van der Waals surface area (Å²) < 4.78 is 0. The Morgan fingerprint density at radius 3 is 0.919 bits per heavy atom. The van der Waals surface area contributed by atoms with Crippen molar-refractivity contribution in [1.29, 1.82) is 0 Å². The van der Waals surface area contributed by atoms with E-state index in [1.807, 2.05) is 0 Å². The van der Waals surface area contributed by atoms with Gasteiger partial charge in [0.25, 0.3) is 0 Å². The van der Waals surface area contributed by atoms with E-state index in [9.17, 15) is 0 Å². The summed E-state index contributed by atoms with van der Waals surface area (Å²) in [5.41, 5.74) is 18.7. The lowest BCUT2D eigenvalue weighted by molar-refractivity contribution is 1.34. The third kappa shape index (κ3) is 4.45. The normalized spacial score (nSPS) is 13.0. The van der Waals surface area contributed by atoms with Crippen LogP contribution in [0.5, 0.6) is 0 Å². The lowest BCUT2D eigenvalue weighted by Crippen LogP contribution is -1.95.